The summed E-state index contributed by atoms with van der Waals surface area (Å²) in [4.78, 5) is 14.2. The van der Waals surface area contributed by atoms with E-state index in [0.29, 0.717) is 0 Å². The van der Waals surface area contributed by atoms with Crippen molar-refractivity contribution in [1.82, 2.24) is 4.98 Å². The van der Waals surface area contributed by atoms with Gasteiger partial charge in [0.05, 0.1) is 5.69 Å². The van der Waals surface area contributed by atoms with Gasteiger partial charge in [-0.2, -0.15) is 0 Å². The number of nitrogens with two attached hydrogens (primary N) is 1. The van der Waals surface area contributed by atoms with Crippen LogP contribution in [0.2, 0.25) is 0 Å². The number of pyridine rings is 1. The summed E-state index contributed by atoms with van der Waals surface area (Å²) < 4.78 is 0.255. The summed E-state index contributed by atoms with van der Waals surface area (Å²) in [6.07, 6.45) is 1.44. The molecule has 0 bridgehead atoms. The Kier molecular flexibility index (Phi) is 2.09. The van der Waals surface area contributed by atoms with Gasteiger partial charge in [-0.25, -0.2) is 9.78 Å². The number of carbonyl (C=O) groups is 1. The first-order chi connectivity index (χ1) is 5.13. The molecule has 1 aromatic rings. The number of aromatic carboxylic acids is 1. The topological polar surface area (TPSA) is 76.2 Å². The third-order valence-corrected chi connectivity index (χ3v) is 1.75. The summed E-state index contributed by atoms with van der Waals surface area (Å²) in [7, 11) is 0. The minimum Gasteiger partial charge on any atom is -0.478 e. The molecule has 0 atom stereocenters. The number of nitrogen functional groups attached to an aromatic ring is 1. The van der Waals surface area contributed by atoms with Gasteiger partial charge in [-0.1, -0.05) is 0 Å². The number of rotatable bonds is 1. The van der Waals surface area contributed by atoms with Crippen molar-refractivity contribution >= 4 is 27.6 Å². The zero-order chi connectivity index (χ0) is 8.43. The molecular weight excluding hydrogens is 212 g/mol. The van der Waals surface area contributed by atoms with Crippen LogP contribution in [0.5, 0.6) is 0 Å². The minimum atomic E-state index is -1.08. The standard InChI is InChI=1S/C6H5BrN2O2/c7-5-4(6(10)11)3(8)1-2-9-5/h1-2H,(H2,8,9)(H,10,11). The molecule has 4 nitrogen and oxygen atoms in total. The Bertz CT molecular complexity index is 280. The Morgan fingerprint density at radius 2 is 2.36 bits per heavy atom. The summed E-state index contributed by atoms with van der Waals surface area (Å²) in [5.74, 6) is -1.08. The van der Waals surface area contributed by atoms with Crippen molar-refractivity contribution in [3.63, 3.8) is 0 Å². The molecule has 0 saturated carbocycles. The number of carboxylic acid groups (broad SMARTS) is 1. The quantitative estimate of drug-likeness (QED) is 0.691. The maximum Gasteiger partial charge on any atom is 0.340 e. The second-order valence-electron chi connectivity index (χ2n) is 1.87. The highest BCUT2D eigenvalue weighted by molar-refractivity contribution is 9.10. The molecule has 11 heavy (non-hydrogen) atoms. The Hall–Kier alpha value is -1.10. The maximum atomic E-state index is 10.5. The maximum absolute atomic E-state index is 10.5. The molecule has 58 valence electrons. The summed E-state index contributed by atoms with van der Waals surface area (Å²) >= 11 is 2.98. The summed E-state index contributed by atoms with van der Waals surface area (Å²) in [5.41, 5.74) is 5.59. The van der Waals surface area contributed by atoms with E-state index in [0.717, 1.165) is 0 Å². The van der Waals surface area contributed by atoms with Crippen molar-refractivity contribution < 1.29 is 9.90 Å². The second-order valence-corrected chi connectivity index (χ2v) is 2.62. The molecule has 0 aromatic carbocycles. The molecule has 0 spiro atoms. The van der Waals surface area contributed by atoms with Crippen molar-refractivity contribution in [2.24, 2.45) is 0 Å². The zero-order valence-electron chi connectivity index (χ0n) is 5.41. The number of hydrogen-bond acceptors (Lipinski definition) is 3. The van der Waals surface area contributed by atoms with Gasteiger partial charge in [0.2, 0.25) is 0 Å². The van der Waals surface area contributed by atoms with E-state index in [1.54, 1.807) is 0 Å². The highest BCUT2D eigenvalue weighted by Crippen LogP contribution is 2.18. The molecule has 1 heterocycles. The molecule has 0 saturated heterocycles. The van der Waals surface area contributed by atoms with Crippen molar-refractivity contribution in [2.45, 2.75) is 0 Å². The van der Waals surface area contributed by atoms with E-state index >= 15 is 0 Å². The van der Waals surface area contributed by atoms with Gasteiger partial charge in [0.1, 0.15) is 10.2 Å². The fourth-order valence-electron chi connectivity index (χ4n) is 0.662. The van der Waals surface area contributed by atoms with Gasteiger partial charge < -0.3 is 10.8 Å². The molecule has 0 aliphatic carbocycles. The second kappa shape index (κ2) is 2.87. The van der Waals surface area contributed by atoms with Crippen LogP contribution in [0.15, 0.2) is 16.9 Å². The third-order valence-electron chi connectivity index (χ3n) is 1.15. The van der Waals surface area contributed by atoms with Gasteiger partial charge in [0.25, 0.3) is 0 Å². The van der Waals surface area contributed by atoms with E-state index in [2.05, 4.69) is 20.9 Å². The third kappa shape index (κ3) is 1.48. The van der Waals surface area contributed by atoms with Gasteiger partial charge in [-0.3, -0.25) is 0 Å². The summed E-state index contributed by atoms with van der Waals surface area (Å²) in [5, 5.41) is 8.60. The number of anilines is 1. The summed E-state index contributed by atoms with van der Waals surface area (Å²) in [6.45, 7) is 0. The Balaban J connectivity index is 3.32. The van der Waals surface area contributed by atoms with Gasteiger partial charge >= 0.3 is 5.97 Å². The first kappa shape index (κ1) is 8.00. The van der Waals surface area contributed by atoms with Crippen molar-refractivity contribution in [1.29, 1.82) is 0 Å². The molecule has 1 aromatic heterocycles. The predicted molar refractivity (Wildman–Crippen MR) is 43.3 cm³/mol. The number of aromatic nitrogens is 1. The van der Waals surface area contributed by atoms with E-state index in [1.165, 1.54) is 12.3 Å². The fourth-order valence-corrected chi connectivity index (χ4v) is 1.18. The molecule has 0 aliphatic rings. The number of hydrogen-bond donors (Lipinski definition) is 2. The molecule has 3 N–H and O–H groups in total. The van der Waals surface area contributed by atoms with Crippen LogP contribution in [0.25, 0.3) is 0 Å². The summed E-state index contributed by atoms with van der Waals surface area (Å²) in [6, 6.07) is 1.44. The highest BCUT2D eigenvalue weighted by Gasteiger charge is 2.11. The minimum absolute atomic E-state index is 0.00694. The van der Waals surface area contributed by atoms with E-state index in [-0.39, 0.29) is 15.9 Å². The van der Waals surface area contributed by atoms with Gasteiger partial charge in [-0.15, -0.1) is 0 Å². The van der Waals surface area contributed by atoms with E-state index < -0.39 is 5.97 Å². The SMILES string of the molecule is Nc1ccnc(Br)c1C(=O)O. The van der Waals surface area contributed by atoms with Crippen LogP contribution in [-0.2, 0) is 0 Å². The number of halogens is 1. The number of nitrogens with zero attached hydrogens (tertiary/aromatic N) is 1. The Morgan fingerprint density at radius 1 is 1.73 bits per heavy atom. The van der Waals surface area contributed by atoms with E-state index in [1.807, 2.05) is 0 Å². The average Bonchev–Trinajstić information content (AvgIpc) is 1.85. The first-order valence-corrected chi connectivity index (χ1v) is 3.55. The lowest BCUT2D eigenvalue weighted by Crippen LogP contribution is -2.04. The molecule has 1 rings (SSSR count). The lowest BCUT2D eigenvalue weighted by molar-refractivity contribution is 0.0696. The van der Waals surface area contributed by atoms with E-state index in [4.69, 9.17) is 10.8 Å². The monoisotopic (exact) mass is 216 g/mol. The van der Waals surface area contributed by atoms with Crippen LogP contribution in [0.1, 0.15) is 10.4 Å². The highest BCUT2D eigenvalue weighted by atomic mass is 79.9. The molecule has 0 radical (unpaired) electrons. The van der Waals surface area contributed by atoms with Crippen LogP contribution in [0.3, 0.4) is 0 Å². The van der Waals surface area contributed by atoms with Crippen LogP contribution >= 0.6 is 15.9 Å². The largest absolute Gasteiger partial charge is 0.478 e. The molecule has 0 fully saturated rings. The average molecular weight is 217 g/mol. The lowest BCUT2D eigenvalue weighted by Gasteiger charge is -2.00. The van der Waals surface area contributed by atoms with Crippen LogP contribution in [0.4, 0.5) is 5.69 Å². The number of carboxylic acids is 1. The molecule has 5 heteroatoms. The Morgan fingerprint density at radius 3 is 2.73 bits per heavy atom. The molecular formula is C6H5BrN2O2. The van der Waals surface area contributed by atoms with E-state index in [9.17, 15) is 4.79 Å². The van der Waals surface area contributed by atoms with Crippen LogP contribution in [0, 0.1) is 0 Å². The Labute approximate surface area is 71.2 Å². The van der Waals surface area contributed by atoms with Crippen LogP contribution in [-0.4, -0.2) is 16.1 Å². The lowest BCUT2D eigenvalue weighted by atomic mass is 10.2. The van der Waals surface area contributed by atoms with Crippen molar-refractivity contribution in [3.8, 4) is 0 Å². The smallest absolute Gasteiger partial charge is 0.340 e. The molecule has 0 amide bonds. The van der Waals surface area contributed by atoms with Crippen LogP contribution < -0.4 is 5.73 Å². The zero-order valence-corrected chi connectivity index (χ0v) is 7.00. The van der Waals surface area contributed by atoms with Crippen molar-refractivity contribution in [3.05, 3.63) is 22.4 Å². The first-order valence-electron chi connectivity index (χ1n) is 2.76. The fraction of sp³-hybridized carbons (Fsp3) is 0. The normalized spacial score (nSPS) is 9.55. The molecule has 0 unspecified atom stereocenters. The van der Waals surface area contributed by atoms with Gasteiger partial charge in [0, 0.05) is 6.20 Å². The van der Waals surface area contributed by atoms with Crippen molar-refractivity contribution in [2.75, 3.05) is 5.73 Å². The molecule has 0 aliphatic heterocycles. The van der Waals surface area contributed by atoms with Gasteiger partial charge in [-0.05, 0) is 22.0 Å². The van der Waals surface area contributed by atoms with Gasteiger partial charge in [0.15, 0.2) is 0 Å². The predicted octanol–water partition coefficient (Wildman–Crippen LogP) is 1.12.